The molecule has 2 unspecified atom stereocenters. The Bertz CT molecular complexity index is 134. The lowest BCUT2D eigenvalue weighted by Crippen LogP contribution is -2.49. The molecule has 0 saturated carbocycles. The van der Waals surface area contributed by atoms with E-state index in [0.29, 0.717) is 6.42 Å². The molecule has 1 rings (SSSR count). The van der Waals surface area contributed by atoms with E-state index in [1.54, 1.807) is 0 Å². The second kappa shape index (κ2) is 4.19. The monoisotopic (exact) mass is 174 g/mol. The van der Waals surface area contributed by atoms with Crippen LogP contribution >= 0.6 is 0 Å². The zero-order valence-electron chi connectivity index (χ0n) is 7.78. The van der Waals surface area contributed by atoms with Crippen LogP contribution in [0.3, 0.4) is 0 Å². The predicted octanol–water partition coefficient (Wildman–Crippen LogP) is 1.21. The maximum Gasteiger partial charge on any atom is 0.138 e. The van der Waals surface area contributed by atoms with Gasteiger partial charge in [0.1, 0.15) is 5.67 Å². The lowest BCUT2D eigenvalue weighted by molar-refractivity contribution is 0.111. The molecule has 3 heteroatoms. The second-order valence-electron chi connectivity index (χ2n) is 3.64. The molecule has 0 aromatic carbocycles. The second-order valence-corrected chi connectivity index (χ2v) is 3.64. The Morgan fingerprint density at radius 1 is 1.67 bits per heavy atom. The number of rotatable bonds is 4. The van der Waals surface area contributed by atoms with Gasteiger partial charge < -0.3 is 11.1 Å². The molecule has 0 aromatic heterocycles. The van der Waals surface area contributed by atoms with E-state index in [4.69, 9.17) is 5.73 Å². The molecule has 0 aromatic rings. The minimum absolute atomic E-state index is 0.00227. The molecule has 72 valence electrons. The van der Waals surface area contributed by atoms with Crippen LogP contribution in [0.4, 0.5) is 4.39 Å². The van der Waals surface area contributed by atoms with Gasteiger partial charge in [-0.2, -0.15) is 0 Å². The van der Waals surface area contributed by atoms with E-state index in [9.17, 15) is 4.39 Å². The van der Waals surface area contributed by atoms with Gasteiger partial charge in [-0.3, -0.25) is 0 Å². The maximum atomic E-state index is 14.0. The van der Waals surface area contributed by atoms with Crippen LogP contribution in [0, 0.1) is 0 Å². The summed E-state index contributed by atoms with van der Waals surface area (Å²) in [6, 6.07) is 0.00227. The van der Waals surface area contributed by atoms with Crippen molar-refractivity contribution in [2.45, 2.75) is 44.3 Å². The summed E-state index contributed by atoms with van der Waals surface area (Å²) in [5.41, 5.74) is 4.30. The van der Waals surface area contributed by atoms with Gasteiger partial charge in [-0.25, -0.2) is 4.39 Å². The topological polar surface area (TPSA) is 38.0 Å². The molecule has 2 atom stereocenters. The summed E-state index contributed by atoms with van der Waals surface area (Å²) in [6.45, 7) is 3.09. The van der Waals surface area contributed by atoms with Gasteiger partial charge in [-0.05, 0) is 25.8 Å². The first-order valence-electron chi connectivity index (χ1n) is 4.85. The minimum atomic E-state index is -1.16. The van der Waals surface area contributed by atoms with Crippen LogP contribution < -0.4 is 11.1 Å². The molecule has 0 aliphatic carbocycles. The average Bonchev–Trinajstić information content (AvgIpc) is 2.57. The molecule has 0 bridgehead atoms. The van der Waals surface area contributed by atoms with E-state index < -0.39 is 5.67 Å². The first-order valence-corrected chi connectivity index (χ1v) is 4.85. The maximum absolute atomic E-state index is 14.0. The lowest BCUT2D eigenvalue weighted by atomic mass is 9.90. The van der Waals surface area contributed by atoms with Crippen molar-refractivity contribution in [3.8, 4) is 0 Å². The van der Waals surface area contributed by atoms with E-state index in [1.807, 2.05) is 6.92 Å². The normalized spacial score (nSPS) is 28.8. The third-order valence-electron chi connectivity index (χ3n) is 2.69. The average molecular weight is 174 g/mol. The molecule has 1 aliphatic heterocycles. The summed E-state index contributed by atoms with van der Waals surface area (Å²) in [7, 11) is 0. The van der Waals surface area contributed by atoms with Gasteiger partial charge in [0.05, 0.1) is 0 Å². The Labute approximate surface area is 73.7 Å². The Balaban J connectivity index is 2.51. The quantitative estimate of drug-likeness (QED) is 0.672. The van der Waals surface area contributed by atoms with Crippen LogP contribution in [-0.2, 0) is 0 Å². The van der Waals surface area contributed by atoms with Crippen LogP contribution in [0.2, 0.25) is 0 Å². The van der Waals surface area contributed by atoms with Gasteiger partial charge in [0.2, 0.25) is 0 Å². The Kier molecular flexibility index (Phi) is 3.47. The number of hydrogen-bond acceptors (Lipinski definition) is 2. The van der Waals surface area contributed by atoms with Gasteiger partial charge in [0.25, 0.3) is 0 Å². The lowest BCUT2D eigenvalue weighted by Gasteiger charge is -2.29. The number of nitrogens with one attached hydrogen (secondary N) is 1. The fourth-order valence-electron chi connectivity index (χ4n) is 1.96. The SMILES string of the molecule is CCCC(F)(CN)C1CCCN1. The number of alkyl halides is 1. The highest BCUT2D eigenvalue weighted by Crippen LogP contribution is 2.27. The first-order chi connectivity index (χ1) is 5.73. The van der Waals surface area contributed by atoms with Crippen molar-refractivity contribution >= 4 is 0 Å². The van der Waals surface area contributed by atoms with E-state index in [2.05, 4.69) is 5.32 Å². The predicted molar refractivity (Wildman–Crippen MR) is 48.8 cm³/mol. The zero-order chi connectivity index (χ0) is 9.03. The zero-order valence-corrected chi connectivity index (χ0v) is 7.78. The Hall–Kier alpha value is -0.150. The highest BCUT2D eigenvalue weighted by Gasteiger charge is 2.38. The molecule has 1 fully saturated rings. The molecule has 1 heterocycles. The fourth-order valence-corrected chi connectivity index (χ4v) is 1.96. The van der Waals surface area contributed by atoms with Crippen molar-refractivity contribution in [1.29, 1.82) is 0 Å². The van der Waals surface area contributed by atoms with Gasteiger partial charge >= 0.3 is 0 Å². The van der Waals surface area contributed by atoms with Crippen molar-refractivity contribution in [2.75, 3.05) is 13.1 Å². The van der Waals surface area contributed by atoms with Gasteiger partial charge in [0.15, 0.2) is 0 Å². The van der Waals surface area contributed by atoms with Gasteiger partial charge in [0, 0.05) is 12.6 Å². The third-order valence-corrected chi connectivity index (χ3v) is 2.69. The first kappa shape index (κ1) is 9.93. The molecule has 3 N–H and O–H groups in total. The standard InChI is InChI=1S/C9H19FN2/c1-2-5-9(10,7-11)8-4-3-6-12-8/h8,12H,2-7,11H2,1H3. The van der Waals surface area contributed by atoms with Crippen LogP contribution in [0.25, 0.3) is 0 Å². The molecular formula is C9H19FN2. The largest absolute Gasteiger partial charge is 0.327 e. The molecular weight excluding hydrogens is 155 g/mol. The summed E-state index contributed by atoms with van der Waals surface area (Å²) in [6.07, 6.45) is 3.47. The summed E-state index contributed by atoms with van der Waals surface area (Å²) >= 11 is 0. The fraction of sp³-hybridized carbons (Fsp3) is 1.00. The molecule has 1 saturated heterocycles. The summed E-state index contributed by atoms with van der Waals surface area (Å²) in [5, 5.41) is 3.18. The number of nitrogens with two attached hydrogens (primary N) is 1. The van der Waals surface area contributed by atoms with Crippen LogP contribution in [0.5, 0.6) is 0 Å². The summed E-state index contributed by atoms with van der Waals surface area (Å²) in [5.74, 6) is 0. The summed E-state index contributed by atoms with van der Waals surface area (Å²) in [4.78, 5) is 0. The van der Waals surface area contributed by atoms with Crippen molar-refractivity contribution in [2.24, 2.45) is 5.73 Å². The van der Waals surface area contributed by atoms with E-state index in [-0.39, 0.29) is 12.6 Å². The molecule has 12 heavy (non-hydrogen) atoms. The molecule has 0 spiro atoms. The molecule has 0 amide bonds. The van der Waals surface area contributed by atoms with E-state index in [1.165, 1.54) is 0 Å². The minimum Gasteiger partial charge on any atom is -0.327 e. The smallest absolute Gasteiger partial charge is 0.138 e. The molecule has 2 nitrogen and oxygen atoms in total. The van der Waals surface area contributed by atoms with Crippen LogP contribution in [-0.4, -0.2) is 24.8 Å². The van der Waals surface area contributed by atoms with E-state index >= 15 is 0 Å². The number of halogens is 1. The molecule has 0 radical (unpaired) electrons. The van der Waals surface area contributed by atoms with Crippen molar-refractivity contribution in [3.63, 3.8) is 0 Å². The van der Waals surface area contributed by atoms with Crippen LogP contribution in [0.15, 0.2) is 0 Å². The Morgan fingerprint density at radius 3 is 2.83 bits per heavy atom. The van der Waals surface area contributed by atoms with Crippen LogP contribution in [0.1, 0.15) is 32.6 Å². The highest BCUT2D eigenvalue weighted by molar-refractivity contribution is 4.95. The van der Waals surface area contributed by atoms with Gasteiger partial charge in [-0.1, -0.05) is 13.3 Å². The molecule has 1 aliphatic rings. The van der Waals surface area contributed by atoms with Crippen molar-refractivity contribution < 1.29 is 4.39 Å². The highest BCUT2D eigenvalue weighted by atomic mass is 19.1. The van der Waals surface area contributed by atoms with Crippen molar-refractivity contribution in [1.82, 2.24) is 5.32 Å². The summed E-state index contributed by atoms with van der Waals surface area (Å²) < 4.78 is 14.0. The Morgan fingerprint density at radius 2 is 2.42 bits per heavy atom. The van der Waals surface area contributed by atoms with Gasteiger partial charge in [-0.15, -0.1) is 0 Å². The number of hydrogen-bond donors (Lipinski definition) is 2. The van der Waals surface area contributed by atoms with Crippen molar-refractivity contribution in [3.05, 3.63) is 0 Å². The third kappa shape index (κ3) is 1.96. The van der Waals surface area contributed by atoms with E-state index in [0.717, 1.165) is 25.8 Å².